The molecule has 0 aliphatic rings. The number of nitrogen functional groups attached to an aromatic ring is 1. The largest absolute Gasteiger partial charge is 0.440 e. The fourth-order valence-corrected chi connectivity index (χ4v) is 1.64. The van der Waals surface area contributed by atoms with Gasteiger partial charge in [0.25, 0.3) is 11.1 Å². The molecule has 0 radical (unpaired) electrons. The summed E-state index contributed by atoms with van der Waals surface area (Å²) in [5.74, 6) is 5.48. The Morgan fingerprint density at radius 2 is 2.50 bits per heavy atom. The van der Waals surface area contributed by atoms with E-state index in [0.717, 1.165) is 0 Å². The minimum Gasteiger partial charge on any atom is -0.440 e. The molecule has 2 aromatic heterocycles. The highest BCUT2D eigenvalue weighted by Crippen LogP contribution is 2.20. The van der Waals surface area contributed by atoms with Crippen molar-refractivity contribution in [2.45, 2.75) is 11.0 Å². The Morgan fingerprint density at radius 3 is 3.19 bits per heavy atom. The first kappa shape index (κ1) is 10.7. The van der Waals surface area contributed by atoms with E-state index in [9.17, 15) is 4.79 Å². The molecule has 0 atom stereocenters. The Hall–Kier alpha value is -1.80. The van der Waals surface area contributed by atoms with E-state index in [0.29, 0.717) is 16.7 Å². The van der Waals surface area contributed by atoms with Gasteiger partial charge in [0.15, 0.2) is 5.69 Å². The van der Waals surface area contributed by atoms with Gasteiger partial charge in [-0.15, -0.1) is 0 Å². The second-order valence-electron chi connectivity index (χ2n) is 2.74. The number of hydrazine groups is 1. The van der Waals surface area contributed by atoms with Gasteiger partial charge in [-0.3, -0.25) is 10.2 Å². The number of hydrogen-bond donors (Lipinski definition) is 2. The first-order chi connectivity index (χ1) is 7.79. The van der Waals surface area contributed by atoms with Crippen molar-refractivity contribution < 1.29 is 13.7 Å². The minimum absolute atomic E-state index is 0.144. The standard InChI is InChI=1S/C8H8N4O3S/c9-11-7(13)6-3-5(15-12-6)4-16-8-10-1-2-14-8/h1-3H,4,9H2,(H,11,13). The number of rotatable bonds is 4. The van der Waals surface area contributed by atoms with Gasteiger partial charge in [-0.1, -0.05) is 16.9 Å². The Bertz CT molecular complexity index is 467. The molecular formula is C8H8N4O3S. The van der Waals surface area contributed by atoms with Gasteiger partial charge >= 0.3 is 0 Å². The first-order valence-electron chi connectivity index (χ1n) is 4.28. The number of thioether (sulfide) groups is 1. The van der Waals surface area contributed by atoms with Crippen LogP contribution in [0.15, 0.2) is 32.7 Å². The third-order valence-corrected chi connectivity index (χ3v) is 2.55. The van der Waals surface area contributed by atoms with Crippen molar-refractivity contribution in [3.05, 3.63) is 30.0 Å². The Balaban J connectivity index is 1.95. The Morgan fingerprint density at radius 1 is 1.62 bits per heavy atom. The lowest BCUT2D eigenvalue weighted by Gasteiger charge is -1.90. The molecule has 1 amide bonds. The van der Waals surface area contributed by atoms with Gasteiger partial charge in [-0.05, 0) is 0 Å². The van der Waals surface area contributed by atoms with E-state index in [-0.39, 0.29) is 5.69 Å². The molecule has 3 N–H and O–H groups in total. The molecule has 7 nitrogen and oxygen atoms in total. The monoisotopic (exact) mass is 240 g/mol. The van der Waals surface area contributed by atoms with Crippen LogP contribution in [0.4, 0.5) is 0 Å². The van der Waals surface area contributed by atoms with Gasteiger partial charge in [0, 0.05) is 6.07 Å². The number of nitrogens with zero attached hydrogens (tertiary/aromatic N) is 2. The molecule has 0 spiro atoms. The van der Waals surface area contributed by atoms with Crippen molar-refractivity contribution in [1.82, 2.24) is 15.6 Å². The van der Waals surface area contributed by atoms with E-state index in [1.165, 1.54) is 24.1 Å². The molecule has 0 saturated heterocycles. The highest BCUT2D eigenvalue weighted by Gasteiger charge is 2.11. The zero-order chi connectivity index (χ0) is 11.4. The molecule has 2 heterocycles. The normalized spacial score (nSPS) is 10.3. The van der Waals surface area contributed by atoms with Crippen molar-refractivity contribution in [3.8, 4) is 0 Å². The van der Waals surface area contributed by atoms with Crippen LogP contribution in [0.25, 0.3) is 0 Å². The topological polar surface area (TPSA) is 107 Å². The summed E-state index contributed by atoms with van der Waals surface area (Å²) in [6.07, 6.45) is 3.03. The SMILES string of the molecule is NNC(=O)c1cc(CSc2ncco2)on1. The van der Waals surface area contributed by atoms with Gasteiger partial charge in [-0.25, -0.2) is 10.8 Å². The lowest BCUT2D eigenvalue weighted by molar-refractivity contribution is 0.0944. The molecule has 0 bridgehead atoms. The molecule has 0 saturated carbocycles. The molecule has 0 fully saturated rings. The summed E-state index contributed by atoms with van der Waals surface area (Å²) in [7, 11) is 0. The van der Waals surface area contributed by atoms with Crippen LogP contribution in [0, 0.1) is 0 Å². The van der Waals surface area contributed by atoms with Crippen molar-refractivity contribution in [3.63, 3.8) is 0 Å². The van der Waals surface area contributed by atoms with Crippen LogP contribution >= 0.6 is 11.8 Å². The molecule has 84 valence electrons. The van der Waals surface area contributed by atoms with Crippen LogP contribution < -0.4 is 11.3 Å². The van der Waals surface area contributed by atoms with Gasteiger partial charge in [0.2, 0.25) is 0 Å². The summed E-state index contributed by atoms with van der Waals surface area (Å²) >= 11 is 1.34. The number of nitrogens with one attached hydrogen (secondary N) is 1. The van der Waals surface area contributed by atoms with Gasteiger partial charge in [0.05, 0.1) is 11.9 Å². The third kappa shape index (κ3) is 2.41. The van der Waals surface area contributed by atoms with Gasteiger partial charge < -0.3 is 8.94 Å². The van der Waals surface area contributed by atoms with E-state index >= 15 is 0 Å². The van der Waals surface area contributed by atoms with Crippen LogP contribution in [-0.4, -0.2) is 16.0 Å². The second kappa shape index (κ2) is 4.81. The number of amides is 1. The van der Waals surface area contributed by atoms with Crippen molar-refractivity contribution in [1.29, 1.82) is 0 Å². The molecule has 16 heavy (non-hydrogen) atoms. The van der Waals surface area contributed by atoms with Crippen LogP contribution in [0.2, 0.25) is 0 Å². The molecule has 0 aromatic carbocycles. The smallest absolute Gasteiger partial charge is 0.287 e. The Labute approximate surface area is 94.3 Å². The number of hydrogen-bond acceptors (Lipinski definition) is 7. The molecule has 8 heteroatoms. The number of oxazole rings is 1. The maximum Gasteiger partial charge on any atom is 0.287 e. The van der Waals surface area contributed by atoms with Crippen LogP contribution in [0.5, 0.6) is 0 Å². The molecule has 2 rings (SSSR count). The average Bonchev–Trinajstić information content (AvgIpc) is 2.96. The average molecular weight is 240 g/mol. The van der Waals surface area contributed by atoms with Crippen LogP contribution in [-0.2, 0) is 5.75 Å². The maximum absolute atomic E-state index is 11.1. The molecule has 0 aliphatic heterocycles. The second-order valence-corrected chi connectivity index (χ2v) is 3.67. The van der Waals surface area contributed by atoms with E-state index in [2.05, 4.69) is 10.1 Å². The number of aromatic nitrogens is 2. The van der Waals surface area contributed by atoms with E-state index < -0.39 is 5.91 Å². The number of carbonyl (C=O) groups is 1. The van der Waals surface area contributed by atoms with E-state index in [1.807, 2.05) is 5.43 Å². The fraction of sp³-hybridized carbons (Fsp3) is 0.125. The van der Waals surface area contributed by atoms with E-state index in [1.54, 1.807) is 6.20 Å². The Kier molecular flexibility index (Phi) is 3.22. The van der Waals surface area contributed by atoms with Crippen LogP contribution in [0.3, 0.4) is 0 Å². The van der Waals surface area contributed by atoms with Crippen LogP contribution in [0.1, 0.15) is 16.2 Å². The predicted octanol–water partition coefficient (Wildman–Crippen LogP) is 0.558. The zero-order valence-electron chi connectivity index (χ0n) is 8.04. The van der Waals surface area contributed by atoms with Gasteiger partial charge in [-0.2, -0.15) is 0 Å². The fourth-order valence-electron chi connectivity index (χ4n) is 0.976. The summed E-state index contributed by atoms with van der Waals surface area (Å²) < 4.78 is 9.95. The number of nitrogens with two attached hydrogens (primary N) is 1. The number of carbonyl (C=O) groups excluding carboxylic acids is 1. The van der Waals surface area contributed by atoms with Crippen molar-refractivity contribution >= 4 is 17.7 Å². The molecule has 0 aliphatic carbocycles. The molecule has 2 aromatic rings. The maximum atomic E-state index is 11.1. The summed E-state index contributed by atoms with van der Waals surface area (Å²) in [6, 6.07) is 1.51. The third-order valence-electron chi connectivity index (χ3n) is 1.67. The minimum atomic E-state index is -0.490. The highest BCUT2D eigenvalue weighted by molar-refractivity contribution is 7.98. The summed E-state index contributed by atoms with van der Waals surface area (Å²) in [6.45, 7) is 0. The van der Waals surface area contributed by atoms with E-state index in [4.69, 9.17) is 14.8 Å². The first-order valence-corrected chi connectivity index (χ1v) is 5.27. The summed E-state index contributed by atoms with van der Waals surface area (Å²) in [5.41, 5.74) is 2.11. The summed E-state index contributed by atoms with van der Waals surface area (Å²) in [5, 5.41) is 4.08. The highest BCUT2D eigenvalue weighted by atomic mass is 32.2. The quantitative estimate of drug-likeness (QED) is 0.348. The lowest BCUT2D eigenvalue weighted by Crippen LogP contribution is -2.30. The molecule has 0 unspecified atom stereocenters. The molecular weight excluding hydrogens is 232 g/mol. The summed E-state index contributed by atoms with van der Waals surface area (Å²) in [4.78, 5) is 15.0. The predicted molar refractivity (Wildman–Crippen MR) is 54.2 cm³/mol. The lowest BCUT2D eigenvalue weighted by atomic mass is 10.4. The van der Waals surface area contributed by atoms with Gasteiger partial charge in [0.1, 0.15) is 12.0 Å². The van der Waals surface area contributed by atoms with Crippen molar-refractivity contribution in [2.24, 2.45) is 5.84 Å². The zero-order valence-corrected chi connectivity index (χ0v) is 8.86. The van der Waals surface area contributed by atoms with Crippen molar-refractivity contribution in [2.75, 3.05) is 0 Å².